The molecule has 0 saturated heterocycles. The van der Waals surface area contributed by atoms with E-state index in [4.69, 9.17) is 14.4 Å². The minimum Gasteiger partial charge on any atom is -0.482 e. The van der Waals surface area contributed by atoms with Gasteiger partial charge in [0, 0.05) is 5.70 Å². The van der Waals surface area contributed by atoms with E-state index in [0.717, 1.165) is 37.1 Å². The number of hydrogen-bond donors (Lipinski definition) is 0. The highest BCUT2D eigenvalue weighted by molar-refractivity contribution is 5.79. The molecular weight excluding hydrogens is 316 g/mol. The fraction of sp³-hybridized carbons (Fsp3) is 0.300. The third-order valence-corrected chi connectivity index (χ3v) is 4.17. The molecule has 0 spiro atoms. The Bertz CT molecular complexity index is 788. The Morgan fingerprint density at radius 3 is 2.84 bits per heavy atom. The van der Waals surface area contributed by atoms with Crippen LogP contribution in [0.15, 0.2) is 58.9 Å². The summed E-state index contributed by atoms with van der Waals surface area (Å²) in [7, 11) is 0. The van der Waals surface area contributed by atoms with E-state index in [-0.39, 0.29) is 12.5 Å². The highest BCUT2D eigenvalue weighted by Gasteiger charge is 2.21. The lowest BCUT2D eigenvalue weighted by Crippen LogP contribution is -2.34. The molecule has 2 aromatic rings. The van der Waals surface area contributed by atoms with Crippen LogP contribution in [-0.2, 0) is 11.3 Å². The van der Waals surface area contributed by atoms with Crippen molar-refractivity contribution >= 4 is 5.91 Å². The minimum atomic E-state index is -0.141. The number of amides is 1. The van der Waals surface area contributed by atoms with Crippen molar-refractivity contribution in [1.82, 2.24) is 4.90 Å². The van der Waals surface area contributed by atoms with E-state index in [0.29, 0.717) is 17.9 Å². The molecule has 0 bridgehead atoms. The predicted octanol–water partition coefficient (Wildman–Crippen LogP) is 4.02. The molecule has 0 fully saturated rings. The second-order valence-corrected chi connectivity index (χ2v) is 5.90. The number of carbonyl (C=O) groups is 1. The first-order valence-electron chi connectivity index (χ1n) is 8.41. The Hall–Kier alpha value is -3.00. The number of ether oxygens (including phenoxy) is 1. The van der Waals surface area contributed by atoms with Crippen LogP contribution in [0.25, 0.3) is 0 Å². The van der Waals surface area contributed by atoms with E-state index < -0.39 is 0 Å². The molecular formula is C20H20N2O3. The summed E-state index contributed by atoms with van der Waals surface area (Å²) in [6.45, 7) is 0.275. The van der Waals surface area contributed by atoms with Gasteiger partial charge < -0.3 is 14.1 Å². The summed E-state index contributed by atoms with van der Waals surface area (Å²) in [6, 6.07) is 12.7. The first-order valence-corrected chi connectivity index (χ1v) is 8.41. The van der Waals surface area contributed by atoms with Crippen LogP contribution in [-0.4, -0.2) is 17.4 Å². The third-order valence-electron chi connectivity index (χ3n) is 4.17. The van der Waals surface area contributed by atoms with Gasteiger partial charge in [-0.25, -0.2) is 0 Å². The van der Waals surface area contributed by atoms with E-state index in [2.05, 4.69) is 12.1 Å². The molecule has 3 rings (SSSR count). The molecule has 1 aromatic carbocycles. The maximum atomic E-state index is 12.8. The third kappa shape index (κ3) is 4.30. The Morgan fingerprint density at radius 2 is 2.12 bits per heavy atom. The molecule has 25 heavy (non-hydrogen) atoms. The molecule has 1 aromatic heterocycles. The van der Waals surface area contributed by atoms with Gasteiger partial charge in [0.05, 0.1) is 18.4 Å². The fourth-order valence-corrected chi connectivity index (χ4v) is 2.88. The van der Waals surface area contributed by atoms with Gasteiger partial charge in [-0.1, -0.05) is 18.2 Å². The summed E-state index contributed by atoms with van der Waals surface area (Å²) in [5.41, 5.74) is 1.44. The van der Waals surface area contributed by atoms with Crippen LogP contribution in [0.2, 0.25) is 0 Å². The van der Waals surface area contributed by atoms with Crippen molar-refractivity contribution in [2.45, 2.75) is 32.2 Å². The molecule has 0 unspecified atom stereocenters. The van der Waals surface area contributed by atoms with Gasteiger partial charge in [-0.2, -0.15) is 5.26 Å². The maximum absolute atomic E-state index is 12.8. The average Bonchev–Trinajstić information content (AvgIpc) is 3.18. The summed E-state index contributed by atoms with van der Waals surface area (Å²) in [4.78, 5) is 14.5. The van der Waals surface area contributed by atoms with Gasteiger partial charge in [0.2, 0.25) is 0 Å². The number of nitrogens with zero attached hydrogens (tertiary/aromatic N) is 2. The fourth-order valence-electron chi connectivity index (χ4n) is 2.88. The van der Waals surface area contributed by atoms with Gasteiger partial charge in [-0.3, -0.25) is 4.79 Å². The van der Waals surface area contributed by atoms with E-state index in [1.165, 1.54) is 0 Å². The molecule has 1 aliphatic carbocycles. The van der Waals surface area contributed by atoms with Gasteiger partial charge in [-0.15, -0.1) is 0 Å². The smallest absolute Gasteiger partial charge is 0.265 e. The summed E-state index contributed by atoms with van der Waals surface area (Å²) < 4.78 is 11.0. The molecule has 0 radical (unpaired) electrons. The summed E-state index contributed by atoms with van der Waals surface area (Å²) in [5.74, 6) is 1.02. The monoisotopic (exact) mass is 336 g/mol. The van der Waals surface area contributed by atoms with E-state index in [9.17, 15) is 4.79 Å². The first-order chi connectivity index (χ1) is 12.3. The SMILES string of the molecule is N#Cc1ccccc1OCC(=O)N(Cc1ccco1)C1=CCCCC1. The van der Waals surface area contributed by atoms with Crippen LogP contribution < -0.4 is 4.74 Å². The molecule has 0 aliphatic heterocycles. The van der Waals surface area contributed by atoms with E-state index >= 15 is 0 Å². The minimum absolute atomic E-state index is 0.114. The Kier molecular flexibility index (Phi) is 5.53. The highest BCUT2D eigenvalue weighted by Crippen LogP contribution is 2.24. The molecule has 5 nitrogen and oxygen atoms in total. The quantitative estimate of drug-likeness (QED) is 0.799. The van der Waals surface area contributed by atoms with Crippen molar-refractivity contribution in [3.8, 4) is 11.8 Å². The van der Waals surface area contributed by atoms with E-state index in [1.54, 1.807) is 35.4 Å². The molecule has 1 amide bonds. The van der Waals surface area contributed by atoms with E-state index in [1.807, 2.05) is 12.1 Å². The normalized spacial score (nSPS) is 13.6. The lowest BCUT2D eigenvalue weighted by Gasteiger charge is -2.27. The van der Waals surface area contributed by atoms with Crippen molar-refractivity contribution < 1.29 is 13.9 Å². The zero-order valence-electron chi connectivity index (χ0n) is 14.0. The number of rotatable bonds is 6. The van der Waals surface area contributed by atoms with Gasteiger partial charge in [0.25, 0.3) is 5.91 Å². The van der Waals surface area contributed by atoms with Crippen molar-refractivity contribution in [3.63, 3.8) is 0 Å². The molecule has 1 aliphatic rings. The van der Waals surface area contributed by atoms with Gasteiger partial charge in [-0.05, 0) is 49.9 Å². The topological polar surface area (TPSA) is 66.5 Å². The van der Waals surface area contributed by atoms with Crippen molar-refractivity contribution in [3.05, 3.63) is 65.8 Å². The molecule has 0 saturated carbocycles. The zero-order valence-corrected chi connectivity index (χ0v) is 14.0. The molecule has 5 heteroatoms. The summed E-state index contributed by atoms with van der Waals surface area (Å²) in [6.07, 6.45) is 7.81. The number of para-hydroxylation sites is 1. The molecule has 128 valence electrons. The number of carbonyl (C=O) groups excluding carboxylic acids is 1. The number of furan rings is 1. The Labute approximate surface area is 147 Å². The number of benzene rings is 1. The zero-order chi connectivity index (χ0) is 17.5. The van der Waals surface area contributed by atoms with Crippen LogP contribution >= 0.6 is 0 Å². The van der Waals surface area contributed by atoms with Crippen LogP contribution in [0.4, 0.5) is 0 Å². The van der Waals surface area contributed by atoms with Crippen LogP contribution in [0.3, 0.4) is 0 Å². The summed E-state index contributed by atoms with van der Waals surface area (Å²) in [5, 5.41) is 9.12. The predicted molar refractivity (Wildman–Crippen MR) is 92.5 cm³/mol. The first kappa shape index (κ1) is 16.8. The molecule has 1 heterocycles. The highest BCUT2D eigenvalue weighted by atomic mass is 16.5. The van der Waals surface area contributed by atoms with Gasteiger partial charge >= 0.3 is 0 Å². The van der Waals surface area contributed by atoms with Crippen molar-refractivity contribution in [2.75, 3.05) is 6.61 Å². The van der Waals surface area contributed by atoms with Crippen LogP contribution in [0, 0.1) is 11.3 Å². The lowest BCUT2D eigenvalue weighted by atomic mass is 10.0. The number of nitriles is 1. The summed E-state index contributed by atoms with van der Waals surface area (Å²) >= 11 is 0. The average molecular weight is 336 g/mol. The second-order valence-electron chi connectivity index (χ2n) is 5.90. The van der Waals surface area contributed by atoms with Gasteiger partial charge in [0.1, 0.15) is 17.6 Å². The standard InChI is InChI=1S/C20H20N2O3/c21-13-16-7-4-5-11-19(16)25-15-20(23)22(14-18-10-6-12-24-18)17-8-2-1-3-9-17/h4-8,10-12H,1-3,9,14-15H2. The lowest BCUT2D eigenvalue weighted by molar-refractivity contribution is -0.132. The number of hydrogen-bond acceptors (Lipinski definition) is 4. The second kappa shape index (κ2) is 8.20. The van der Waals surface area contributed by atoms with Crippen molar-refractivity contribution in [2.24, 2.45) is 0 Å². The van der Waals surface area contributed by atoms with Gasteiger partial charge in [0.15, 0.2) is 6.61 Å². The van der Waals surface area contributed by atoms with Crippen LogP contribution in [0.5, 0.6) is 5.75 Å². The largest absolute Gasteiger partial charge is 0.482 e. The van der Waals surface area contributed by atoms with Crippen molar-refractivity contribution in [1.29, 1.82) is 5.26 Å². The Morgan fingerprint density at radius 1 is 1.24 bits per heavy atom. The molecule has 0 N–H and O–H groups in total. The molecule has 0 atom stereocenters. The van der Waals surface area contributed by atoms with Crippen LogP contribution in [0.1, 0.15) is 37.0 Å². The Balaban J connectivity index is 1.72. The maximum Gasteiger partial charge on any atom is 0.265 e. The number of allylic oxidation sites excluding steroid dienone is 2.